The fraction of sp³-hybridized carbons (Fsp3) is 0.444. The Bertz CT molecular complexity index is 637. The van der Waals surface area contributed by atoms with Crippen molar-refractivity contribution in [2.24, 2.45) is 0 Å². The molecule has 1 saturated heterocycles. The number of hydrogen-bond acceptors (Lipinski definition) is 6. The molecule has 6 heteroatoms. The average molecular weight is 334 g/mol. The molecule has 0 atom stereocenters. The maximum absolute atomic E-state index is 12.1. The largest absolute Gasteiger partial charge is 0.493 e. The summed E-state index contributed by atoms with van der Waals surface area (Å²) in [6.45, 7) is 5.58. The lowest BCUT2D eigenvalue weighted by atomic mass is 10.1. The molecular formula is C18H22O6. The average Bonchev–Trinajstić information content (AvgIpc) is 2.51. The number of rotatable bonds is 6. The van der Waals surface area contributed by atoms with E-state index in [9.17, 15) is 9.59 Å². The zero-order chi connectivity index (χ0) is 17.7. The Hall–Kier alpha value is -2.50. The number of ether oxygens (including phenoxy) is 4. The topological polar surface area (TPSA) is 71.1 Å². The number of para-hydroxylation sites is 1. The van der Waals surface area contributed by atoms with Gasteiger partial charge in [-0.2, -0.15) is 0 Å². The molecule has 0 radical (unpaired) electrons. The molecule has 0 N–H and O–H groups in total. The van der Waals surface area contributed by atoms with Crippen LogP contribution in [0.15, 0.2) is 23.8 Å². The van der Waals surface area contributed by atoms with E-state index in [1.54, 1.807) is 18.2 Å². The summed E-state index contributed by atoms with van der Waals surface area (Å²) in [5.41, 5.74) is 0.372. The van der Waals surface area contributed by atoms with Crippen LogP contribution in [0.5, 0.6) is 11.5 Å². The predicted octanol–water partition coefficient (Wildman–Crippen LogP) is 3.09. The van der Waals surface area contributed by atoms with Gasteiger partial charge in [-0.05, 0) is 18.6 Å². The smallest absolute Gasteiger partial charge is 0.348 e. The van der Waals surface area contributed by atoms with Crippen LogP contribution >= 0.6 is 0 Å². The molecule has 0 saturated carbocycles. The summed E-state index contributed by atoms with van der Waals surface area (Å²) in [6.07, 6.45) is 3.27. The Balaban J connectivity index is 2.37. The molecule has 0 bridgehead atoms. The number of unbranched alkanes of at least 4 members (excludes halogenated alkanes) is 1. The van der Waals surface area contributed by atoms with Crippen molar-refractivity contribution in [1.82, 2.24) is 0 Å². The Morgan fingerprint density at radius 1 is 1.17 bits per heavy atom. The fourth-order valence-corrected chi connectivity index (χ4v) is 2.21. The van der Waals surface area contributed by atoms with E-state index in [0.29, 0.717) is 23.7 Å². The first-order valence-corrected chi connectivity index (χ1v) is 7.86. The molecule has 1 heterocycles. The molecule has 1 fully saturated rings. The van der Waals surface area contributed by atoms with Crippen LogP contribution in [0, 0.1) is 0 Å². The molecule has 24 heavy (non-hydrogen) atoms. The van der Waals surface area contributed by atoms with Crippen molar-refractivity contribution in [2.75, 3.05) is 13.7 Å². The summed E-state index contributed by atoms with van der Waals surface area (Å²) in [6, 6.07) is 5.24. The van der Waals surface area contributed by atoms with Gasteiger partial charge in [-0.3, -0.25) is 0 Å². The molecule has 1 aliphatic heterocycles. The molecular weight excluding hydrogens is 312 g/mol. The van der Waals surface area contributed by atoms with Gasteiger partial charge < -0.3 is 18.9 Å². The van der Waals surface area contributed by atoms with E-state index in [2.05, 4.69) is 6.92 Å². The van der Waals surface area contributed by atoms with E-state index < -0.39 is 17.7 Å². The molecule has 0 aliphatic carbocycles. The van der Waals surface area contributed by atoms with E-state index in [1.165, 1.54) is 27.0 Å². The summed E-state index contributed by atoms with van der Waals surface area (Å²) in [5, 5.41) is 0. The summed E-state index contributed by atoms with van der Waals surface area (Å²) in [4.78, 5) is 24.2. The number of carbonyl (C=O) groups excluding carboxylic acids is 2. The van der Waals surface area contributed by atoms with Gasteiger partial charge in [-0.25, -0.2) is 9.59 Å². The quantitative estimate of drug-likeness (QED) is 0.344. The normalized spacial score (nSPS) is 16.2. The van der Waals surface area contributed by atoms with Gasteiger partial charge in [0.2, 0.25) is 0 Å². The molecule has 6 nitrogen and oxygen atoms in total. The van der Waals surface area contributed by atoms with Gasteiger partial charge in [0, 0.05) is 19.4 Å². The van der Waals surface area contributed by atoms with Gasteiger partial charge >= 0.3 is 11.9 Å². The number of hydrogen-bond donors (Lipinski definition) is 0. The lowest BCUT2D eigenvalue weighted by Crippen LogP contribution is -2.41. The maximum Gasteiger partial charge on any atom is 0.348 e. The van der Waals surface area contributed by atoms with Gasteiger partial charge in [0.25, 0.3) is 5.79 Å². The lowest BCUT2D eigenvalue weighted by Gasteiger charge is -2.29. The zero-order valence-electron chi connectivity index (χ0n) is 14.4. The van der Waals surface area contributed by atoms with Crippen LogP contribution in [-0.4, -0.2) is 31.4 Å². The summed E-state index contributed by atoms with van der Waals surface area (Å²) >= 11 is 0. The highest BCUT2D eigenvalue weighted by Gasteiger charge is 2.39. The third-order valence-electron chi connectivity index (χ3n) is 3.39. The first-order valence-electron chi connectivity index (χ1n) is 7.86. The lowest BCUT2D eigenvalue weighted by molar-refractivity contribution is -0.222. The molecule has 130 valence electrons. The molecule has 0 spiro atoms. The minimum atomic E-state index is -1.26. The van der Waals surface area contributed by atoms with Crippen molar-refractivity contribution in [3.05, 3.63) is 29.3 Å². The second-order valence-electron chi connectivity index (χ2n) is 5.82. The summed E-state index contributed by atoms with van der Waals surface area (Å²) in [5.74, 6) is -1.71. The third kappa shape index (κ3) is 4.07. The highest BCUT2D eigenvalue weighted by molar-refractivity contribution is 6.19. The van der Waals surface area contributed by atoms with Crippen LogP contribution in [0.2, 0.25) is 0 Å². The molecule has 1 aliphatic rings. The Labute approximate surface area is 141 Å². The second kappa shape index (κ2) is 7.38. The van der Waals surface area contributed by atoms with Crippen LogP contribution in [0.25, 0.3) is 6.08 Å². The number of esters is 2. The molecule has 1 aromatic rings. The third-order valence-corrected chi connectivity index (χ3v) is 3.39. The maximum atomic E-state index is 12.1. The molecule has 0 unspecified atom stereocenters. The molecule has 0 aromatic heterocycles. The Kier molecular flexibility index (Phi) is 5.49. The van der Waals surface area contributed by atoms with E-state index in [-0.39, 0.29) is 5.57 Å². The highest BCUT2D eigenvalue weighted by Crippen LogP contribution is 2.34. The fourth-order valence-electron chi connectivity index (χ4n) is 2.21. The minimum absolute atomic E-state index is 0.178. The number of benzene rings is 1. The molecule has 2 rings (SSSR count). The van der Waals surface area contributed by atoms with Crippen molar-refractivity contribution in [3.63, 3.8) is 0 Å². The number of cyclic esters (lactones) is 2. The second-order valence-corrected chi connectivity index (χ2v) is 5.82. The van der Waals surface area contributed by atoms with Gasteiger partial charge in [0.1, 0.15) is 5.57 Å². The highest BCUT2D eigenvalue weighted by atomic mass is 16.7. The van der Waals surface area contributed by atoms with Crippen LogP contribution in [0.1, 0.15) is 39.2 Å². The predicted molar refractivity (Wildman–Crippen MR) is 87.6 cm³/mol. The first-order chi connectivity index (χ1) is 11.4. The SMILES string of the molecule is CCCCOc1c(C=C2C(=O)OC(C)(C)OC2=O)cccc1OC. The van der Waals surface area contributed by atoms with Crippen molar-refractivity contribution < 1.29 is 28.5 Å². The number of carbonyl (C=O) groups is 2. The standard InChI is InChI=1S/C18H22O6/c1-5-6-10-22-15-12(8-7-9-14(15)21-4)11-13-16(19)23-18(2,3)24-17(13)20/h7-9,11H,5-6,10H2,1-4H3. The van der Waals surface area contributed by atoms with Gasteiger partial charge in [-0.15, -0.1) is 0 Å². The van der Waals surface area contributed by atoms with E-state index >= 15 is 0 Å². The van der Waals surface area contributed by atoms with Crippen LogP contribution in [-0.2, 0) is 19.1 Å². The number of methoxy groups -OCH3 is 1. The molecule has 0 amide bonds. The molecule has 1 aromatic carbocycles. The van der Waals surface area contributed by atoms with E-state index in [1.807, 2.05) is 0 Å². The zero-order valence-corrected chi connectivity index (χ0v) is 14.4. The Morgan fingerprint density at radius 2 is 1.83 bits per heavy atom. The van der Waals surface area contributed by atoms with Crippen molar-refractivity contribution in [1.29, 1.82) is 0 Å². The Morgan fingerprint density at radius 3 is 2.42 bits per heavy atom. The minimum Gasteiger partial charge on any atom is -0.493 e. The first kappa shape index (κ1) is 17.8. The summed E-state index contributed by atoms with van der Waals surface area (Å²) < 4.78 is 21.3. The van der Waals surface area contributed by atoms with E-state index in [4.69, 9.17) is 18.9 Å². The van der Waals surface area contributed by atoms with Crippen LogP contribution < -0.4 is 9.47 Å². The van der Waals surface area contributed by atoms with Crippen molar-refractivity contribution in [3.8, 4) is 11.5 Å². The van der Waals surface area contributed by atoms with Gasteiger partial charge in [-0.1, -0.05) is 25.5 Å². The van der Waals surface area contributed by atoms with Crippen molar-refractivity contribution in [2.45, 2.75) is 39.4 Å². The monoisotopic (exact) mass is 334 g/mol. The van der Waals surface area contributed by atoms with Gasteiger partial charge in [0.05, 0.1) is 13.7 Å². The van der Waals surface area contributed by atoms with Crippen LogP contribution in [0.3, 0.4) is 0 Å². The summed E-state index contributed by atoms with van der Waals surface area (Å²) in [7, 11) is 1.53. The van der Waals surface area contributed by atoms with Crippen LogP contribution in [0.4, 0.5) is 0 Å². The van der Waals surface area contributed by atoms with Gasteiger partial charge in [0.15, 0.2) is 11.5 Å². The van der Waals surface area contributed by atoms with Crippen molar-refractivity contribution >= 4 is 18.0 Å². The van der Waals surface area contributed by atoms with E-state index in [0.717, 1.165) is 12.8 Å².